The number of carbonyl (C=O) groups excluding carboxylic acids is 3. The predicted molar refractivity (Wildman–Crippen MR) is 240 cm³/mol. The van der Waals surface area contributed by atoms with Crippen LogP contribution in [0.5, 0.6) is 0 Å². The fourth-order valence-electron chi connectivity index (χ4n) is 8.38. The molecule has 0 saturated carbocycles. The quantitative estimate of drug-likeness (QED) is 0.161. The van der Waals surface area contributed by atoms with E-state index in [2.05, 4.69) is 30.1 Å². The largest absolute Gasteiger partial charge is 0.357 e. The standard InChI is InChI=1S/C45H44ClFN10O4S/c1-4-28-20-37-38(52-40(28)58)19-27(24-49-37)26-53-15-17-55(18-16-53)42(60)29-11-13-54(14-12-29)39-10-6-31(25-50-39)51-41(59)34-9-8-33(22-36(34)47)57-44(62)56(43(61)45(57,2)3)32-7-5-30(23-48)35(46)21-32/h5-10,19-22,24-25,29H,4,11-18,26H2,1-3H3,(H,51,59)(H,52,58). The summed E-state index contributed by atoms with van der Waals surface area (Å²) in [6, 6.07) is 17.9. The van der Waals surface area contributed by atoms with Crippen LogP contribution in [-0.4, -0.2) is 92.4 Å². The number of hydrogen-bond acceptors (Lipinski definition) is 10. The number of halogens is 2. The first-order valence-electron chi connectivity index (χ1n) is 20.5. The van der Waals surface area contributed by atoms with E-state index in [4.69, 9.17) is 23.8 Å². The zero-order valence-corrected chi connectivity index (χ0v) is 36.0. The van der Waals surface area contributed by atoms with Gasteiger partial charge in [0.25, 0.3) is 17.4 Å². The number of nitrogens with one attached hydrogen (secondary N) is 2. The highest BCUT2D eigenvalue weighted by Crippen LogP contribution is 2.38. The summed E-state index contributed by atoms with van der Waals surface area (Å²) in [7, 11) is 0. The molecule has 17 heteroatoms. The van der Waals surface area contributed by atoms with E-state index < -0.39 is 17.3 Å². The van der Waals surface area contributed by atoms with E-state index in [-0.39, 0.29) is 50.2 Å². The molecule has 5 aromatic rings. The van der Waals surface area contributed by atoms with E-state index in [1.807, 2.05) is 36.2 Å². The van der Waals surface area contributed by atoms with E-state index in [0.717, 1.165) is 35.2 Å². The predicted octanol–water partition coefficient (Wildman–Crippen LogP) is 6.27. The molecular formula is C45H44ClFN10O4S. The van der Waals surface area contributed by atoms with Crippen molar-refractivity contribution in [1.29, 1.82) is 5.26 Å². The number of fused-ring (bicyclic) bond motifs is 1. The third-order valence-electron chi connectivity index (χ3n) is 11.9. The molecule has 2 aromatic carbocycles. The van der Waals surface area contributed by atoms with E-state index in [0.29, 0.717) is 69.2 Å². The molecule has 14 nitrogen and oxygen atoms in total. The lowest BCUT2D eigenvalue weighted by atomic mass is 9.95. The molecule has 3 fully saturated rings. The zero-order valence-electron chi connectivity index (χ0n) is 34.5. The van der Waals surface area contributed by atoms with Gasteiger partial charge in [-0.2, -0.15) is 5.26 Å². The van der Waals surface area contributed by atoms with Gasteiger partial charge in [-0.25, -0.2) is 9.37 Å². The van der Waals surface area contributed by atoms with Gasteiger partial charge in [-0.05, 0) is 112 Å². The number of aromatic nitrogens is 3. The van der Waals surface area contributed by atoms with Crippen LogP contribution in [0.2, 0.25) is 5.02 Å². The number of rotatable bonds is 9. The highest BCUT2D eigenvalue weighted by Gasteiger charge is 2.50. The molecule has 3 aliphatic heterocycles. The average molecular weight is 875 g/mol. The number of piperazine rings is 1. The van der Waals surface area contributed by atoms with Gasteiger partial charge in [-0.15, -0.1) is 0 Å². The minimum Gasteiger partial charge on any atom is -0.357 e. The Kier molecular flexibility index (Phi) is 11.8. The molecule has 3 aromatic heterocycles. The van der Waals surface area contributed by atoms with Gasteiger partial charge >= 0.3 is 0 Å². The zero-order chi connectivity index (χ0) is 43.9. The van der Waals surface area contributed by atoms with E-state index in [1.54, 1.807) is 32.0 Å². The molecule has 0 unspecified atom stereocenters. The van der Waals surface area contributed by atoms with Crippen molar-refractivity contribution in [2.24, 2.45) is 5.92 Å². The Morgan fingerprint density at radius 2 is 1.71 bits per heavy atom. The van der Waals surface area contributed by atoms with E-state index in [1.165, 1.54) is 46.3 Å². The summed E-state index contributed by atoms with van der Waals surface area (Å²) in [5.74, 6) is -1.02. The number of thiocarbonyl (C=S) groups is 1. The van der Waals surface area contributed by atoms with Crippen molar-refractivity contribution in [1.82, 2.24) is 24.8 Å². The number of hydrogen-bond donors (Lipinski definition) is 2. The molecule has 3 amide bonds. The Hall–Kier alpha value is -6.28. The SMILES string of the molecule is CCc1cc2ncc(CN3CCN(C(=O)C4CCN(c5ccc(NC(=O)c6ccc(N7C(=S)N(c8ccc(C#N)c(Cl)c8)C(=O)C7(C)C)cc6F)cn5)CC4)CC3)cc2[nH]c1=O. The van der Waals surface area contributed by atoms with Crippen LogP contribution >= 0.6 is 23.8 Å². The molecule has 318 valence electrons. The molecule has 62 heavy (non-hydrogen) atoms. The number of benzene rings is 2. The van der Waals surface area contributed by atoms with Gasteiger partial charge in [0.05, 0.1) is 44.8 Å². The molecule has 0 aliphatic carbocycles. The second-order valence-corrected chi connectivity index (χ2v) is 17.0. The van der Waals surface area contributed by atoms with Gasteiger partial charge < -0.3 is 25.0 Å². The Bertz CT molecular complexity index is 2710. The van der Waals surface area contributed by atoms with Gasteiger partial charge in [0.1, 0.15) is 23.2 Å². The molecule has 0 radical (unpaired) electrons. The molecule has 0 spiro atoms. The lowest BCUT2D eigenvalue weighted by molar-refractivity contribution is -0.138. The third-order valence-corrected chi connectivity index (χ3v) is 12.6. The summed E-state index contributed by atoms with van der Waals surface area (Å²) >= 11 is 11.9. The number of H-pyrrole nitrogens is 1. The molecule has 3 saturated heterocycles. The Morgan fingerprint density at radius 3 is 2.37 bits per heavy atom. The van der Waals surface area contributed by atoms with Gasteiger partial charge in [-0.1, -0.05) is 18.5 Å². The lowest BCUT2D eigenvalue weighted by Gasteiger charge is -2.38. The number of aromatic amines is 1. The molecular weight excluding hydrogens is 831 g/mol. The Labute approximate surface area is 367 Å². The fraction of sp³-hybridized carbons (Fsp3) is 0.333. The fourth-order valence-corrected chi connectivity index (χ4v) is 9.12. The number of carbonyl (C=O) groups is 3. The van der Waals surface area contributed by atoms with Gasteiger partial charge in [0, 0.05) is 69.2 Å². The maximum Gasteiger partial charge on any atom is 0.259 e. The number of piperidine rings is 1. The molecule has 0 bridgehead atoms. The molecule has 0 atom stereocenters. The summed E-state index contributed by atoms with van der Waals surface area (Å²) in [5.41, 5.74) is 3.04. The highest BCUT2D eigenvalue weighted by molar-refractivity contribution is 7.81. The monoisotopic (exact) mass is 874 g/mol. The van der Waals surface area contributed by atoms with Crippen LogP contribution < -0.4 is 25.6 Å². The van der Waals surface area contributed by atoms with E-state index in [9.17, 15) is 24.4 Å². The second kappa shape index (κ2) is 17.2. The van der Waals surface area contributed by atoms with Gasteiger partial charge in [0.15, 0.2) is 5.11 Å². The van der Waals surface area contributed by atoms with Crippen LogP contribution in [0.25, 0.3) is 11.0 Å². The van der Waals surface area contributed by atoms with Crippen LogP contribution in [0.1, 0.15) is 60.7 Å². The minimum absolute atomic E-state index is 0.0691. The summed E-state index contributed by atoms with van der Waals surface area (Å²) in [6.45, 7) is 10.1. The maximum atomic E-state index is 15.6. The summed E-state index contributed by atoms with van der Waals surface area (Å²) in [4.78, 5) is 74.0. The van der Waals surface area contributed by atoms with Crippen molar-refractivity contribution >= 4 is 80.6 Å². The Balaban J connectivity index is 0.821. The summed E-state index contributed by atoms with van der Waals surface area (Å²) < 4.78 is 15.6. The van der Waals surface area contributed by atoms with Crippen LogP contribution in [-0.2, 0) is 22.6 Å². The third kappa shape index (κ3) is 8.23. The Morgan fingerprint density at radius 1 is 0.968 bits per heavy atom. The number of nitriles is 1. The van der Waals surface area contributed by atoms with Crippen LogP contribution in [0.15, 0.2) is 77.9 Å². The number of anilines is 4. The number of pyridine rings is 3. The van der Waals surface area contributed by atoms with E-state index >= 15 is 4.39 Å². The molecule has 3 aliphatic rings. The van der Waals surface area contributed by atoms with Crippen molar-refractivity contribution < 1.29 is 18.8 Å². The topological polar surface area (TPSA) is 162 Å². The van der Waals surface area contributed by atoms with Gasteiger partial charge in [0.2, 0.25) is 5.91 Å². The number of nitrogens with zero attached hydrogens (tertiary/aromatic N) is 8. The normalized spacial score (nSPS) is 17.2. The smallest absolute Gasteiger partial charge is 0.259 e. The molecule has 8 rings (SSSR count). The van der Waals surface area contributed by atoms with Crippen molar-refractivity contribution in [3.63, 3.8) is 0 Å². The van der Waals surface area contributed by atoms with Crippen molar-refractivity contribution in [3.05, 3.63) is 117 Å². The van der Waals surface area contributed by atoms with Crippen LogP contribution in [0.3, 0.4) is 0 Å². The minimum atomic E-state index is -1.20. The average Bonchev–Trinajstić information content (AvgIpc) is 3.44. The second-order valence-electron chi connectivity index (χ2n) is 16.2. The number of aryl methyl sites for hydroxylation is 1. The van der Waals surface area contributed by atoms with Crippen molar-refractivity contribution in [2.45, 2.75) is 52.1 Å². The molecule has 6 heterocycles. The first-order chi connectivity index (χ1) is 29.7. The van der Waals surface area contributed by atoms with Crippen molar-refractivity contribution in [3.8, 4) is 6.07 Å². The summed E-state index contributed by atoms with van der Waals surface area (Å²) in [6.07, 6.45) is 5.43. The number of amides is 3. The molecule has 2 N–H and O–H groups in total. The first kappa shape index (κ1) is 42.4. The first-order valence-corrected chi connectivity index (χ1v) is 21.3. The van der Waals surface area contributed by atoms with Crippen molar-refractivity contribution in [2.75, 3.05) is 59.3 Å². The highest BCUT2D eigenvalue weighted by atomic mass is 35.5. The van der Waals surface area contributed by atoms with Gasteiger partial charge in [-0.3, -0.25) is 34.0 Å². The summed E-state index contributed by atoms with van der Waals surface area (Å²) in [5, 5.41) is 12.2. The lowest BCUT2D eigenvalue weighted by Crippen LogP contribution is -2.51. The van der Waals surface area contributed by atoms with Crippen LogP contribution in [0, 0.1) is 23.1 Å². The maximum absolute atomic E-state index is 15.6. The van der Waals surface area contributed by atoms with Crippen LogP contribution in [0.4, 0.5) is 27.3 Å².